The number of methoxy groups -OCH3 is 1. The Morgan fingerprint density at radius 3 is 2.58 bits per heavy atom. The third kappa shape index (κ3) is 3.54. The molecule has 2 aromatic rings. The number of amides is 1. The summed E-state index contributed by atoms with van der Waals surface area (Å²) in [7, 11) is 1.56. The van der Waals surface area contributed by atoms with E-state index in [1.54, 1.807) is 31.6 Å². The van der Waals surface area contributed by atoms with Crippen LogP contribution in [0.5, 0.6) is 5.88 Å². The number of ether oxygens (including phenoxy) is 1. The molecule has 0 saturated heterocycles. The summed E-state index contributed by atoms with van der Waals surface area (Å²) in [4.78, 5) is 20.9. The van der Waals surface area contributed by atoms with Gasteiger partial charge in [-0.1, -0.05) is 6.07 Å². The summed E-state index contributed by atoms with van der Waals surface area (Å²) in [6.45, 7) is 1.88. The molecule has 1 atom stereocenters. The number of aliphatic hydroxyl groups is 1. The standard InChI is InChI=1S/C18H21N3O3/c1-11-3-4-13(10-19-11)18(23)21-17(14-7-15(22)8-14)12-5-6-16(24-2)20-9-12/h3-6,9-10,14-15,17,22H,7-8H2,1-2H3,(H,21,23)/t14?,15?,17-/m0/s1. The molecule has 2 N–H and O–H groups in total. The van der Waals surface area contributed by atoms with Crippen molar-refractivity contribution < 1.29 is 14.6 Å². The summed E-state index contributed by atoms with van der Waals surface area (Å²) in [5.74, 6) is 0.544. The number of hydrogen-bond donors (Lipinski definition) is 2. The van der Waals surface area contributed by atoms with Crippen molar-refractivity contribution in [3.63, 3.8) is 0 Å². The number of aryl methyl sites for hydroxylation is 1. The zero-order chi connectivity index (χ0) is 17.1. The molecule has 1 saturated carbocycles. The molecular formula is C18H21N3O3. The zero-order valence-corrected chi connectivity index (χ0v) is 13.8. The summed E-state index contributed by atoms with van der Waals surface area (Å²) in [6.07, 6.45) is 4.33. The molecule has 1 fully saturated rings. The molecule has 1 amide bonds. The van der Waals surface area contributed by atoms with Crippen molar-refractivity contribution >= 4 is 5.91 Å². The number of rotatable bonds is 5. The van der Waals surface area contributed by atoms with Crippen LogP contribution < -0.4 is 10.1 Å². The Bertz CT molecular complexity index is 694. The van der Waals surface area contributed by atoms with Gasteiger partial charge >= 0.3 is 0 Å². The minimum absolute atomic E-state index is 0.176. The molecule has 0 aliphatic heterocycles. The number of carbonyl (C=O) groups is 1. The fourth-order valence-electron chi connectivity index (χ4n) is 2.90. The fraction of sp³-hybridized carbons (Fsp3) is 0.389. The van der Waals surface area contributed by atoms with Crippen LogP contribution >= 0.6 is 0 Å². The van der Waals surface area contributed by atoms with E-state index in [0.29, 0.717) is 24.3 Å². The average Bonchev–Trinajstić information content (AvgIpc) is 2.58. The van der Waals surface area contributed by atoms with Crippen LogP contribution in [-0.4, -0.2) is 34.2 Å². The molecule has 6 nitrogen and oxygen atoms in total. The Balaban J connectivity index is 1.79. The van der Waals surface area contributed by atoms with Gasteiger partial charge in [0.2, 0.25) is 5.88 Å². The predicted molar refractivity (Wildman–Crippen MR) is 88.7 cm³/mol. The third-order valence-corrected chi connectivity index (χ3v) is 4.41. The van der Waals surface area contributed by atoms with Gasteiger partial charge in [0, 0.05) is 24.2 Å². The largest absolute Gasteiger partial charge is 0.481 e. The first-order chi connectivity index (χ1) is 11.6. The minimum Gasteiger partial charge on any atom is -0.481 e. The Kier molecular flexibility index (Phi) is 4.76. The molecule has 3 rings (SSSR count). The summed E-state index contributed by atoms with van der Waals surface area (Å²) >= 11 is 0. The van der Waals surface area contributed by atoms with Crippen molar-refractivity contribution in [1.29, 1.82) is 0 Å². The summed E-state index contributed by atoms with van der Waals surface area (Å²) in [5, 5.41) is 12.7. The van der Waals surface area contributed by atoms with Crippen LogP contribution in [0.15, 0.2) is 36.7 Å². The van der Waals surface area contributed by atoms with Crippen LogP contribution in [0.25, 0.3) is 0 Å². The quantitative estimate of drug-likeness (QED) is 0.878. The molecule has 0 unspecified atom stereocenters. The monoisotopic (exact) mass is 327 g/mol. The van der Waals surface area contributed by atoms with Crippen molar-refractivity contribution in [3.8, 4) is 5.88 Å². The third-order valence-electron chi connectivity index (χ3n) is 4.41. The summed E-state index contributed by atoms with van der Waals surface area (Å²) < 4.78 is 5.08. The molecule has 6 heteroatoms. The molecule has 0 spiro atoms. The van der Waals surface area contributed by atoms with Crippen LogP contribution in [0.1, 0.15) is 40.5 Å². The first-order valence-electron chi connectivity index (χ1n) is 7.98. The topological polar surface area (TPSA) is 84.3 Å². The number of aliphatic hydroxyl groups excluding tert-OH is 1. The molecule has 0 aromatic carbocycles. The van der Waals surface area contributed by atoms with E-state index >= 15 is 0 Å². The van der Waals surface area contributed by atoms with Crippen molar-refractivity contribution in [2.24, 2.45) is 5.92 Å². The lowest BCUT2D eigenvalue weighted by Gasteiger charge is -2.38. The second-order valence-corrected chi connectivity index (χ2v) is 6.16. The number of pyridine rings is 2. The van der Waals surface area contributed by atoms with Crippen LogP contribution in [0, 0.1) is 12.8 Å². The highest BCUT2D eigenvalue weighted by molar-refractivity contribution is 5.94. The summed E-state index contributed by atoms with van der Waals surface area (Å²) in [6, 6.07) is 7.05. The Labute approximate surface area is 140 Å². The van der Waals surface area contributed by atoms with Crippen molar-refractivity contribution in [3.05, 3.63) is 53.5 Å². The van der Waals surface area contributed by atoms with E-state index in [-0.39, 0.29) is 24.0 Å². The van der Waals surface area contributed by atoms with E-state index in [4.69, 9.17) is 4.74 Å². The van der Waals surface area contributed by atoms with Crippen LogP contribution in [-0.2, 0) is 0 Å². The first kappa shape index (κ1) is 16.4. The highest BCUT2D eigenvalue weighted by Crippen LogP contribution is 2.38. The SMILES string of the molecule is COc1ccc([C@H](NC(=O)c2ccc(C)nc2)C2CC(O)C2)cn1. The Morgan fingerprint density at radius 1 is 1.25 bits per heavy atom. The highest BCUT2D eigenvalue weighted by Gasteiger charge is 2.36. The first-order valence-corrected chi connectivity index (χ1v) is 7.98. The van der Waals surface area contributed by atoms with E-state index in [0.717, 1.165) is 11.3 Å². The molecule has 126 valence electrons. The van der Waals surface area contributed by atoms with Crippen LogP contribution in [0.3, 0.4) is 0 Å². The smallest absolute Gasteiger partial charge is 0.253 e. The number of carbonyl (C=O) groups excluding carboxylic acids is 1. The van der Waals surface area contributed by atoms with E-state index in [9.17, 15) is 9.90 Å². The van der Waals surface area contributed by atoms with Gasteiger partial charge in [-0.15, -0.1) is 0 Å². The molecule has 1 aliphatic carbocycles. The van der Waals surface area contributed by atoms with Gasteiger partial charge in [0.25, 0.3) is 5.91 Å². The van der Waals surface area contributed by atoms with Gasteiger partial charge in [-0.05, 0) is 43.4 Å². The number of nitrogens with one attached hydrogen (secondary N) is 1. The second-order valence-electron chi connectivity index (χ2n) is 6.16. The van der Waals surface area contributed by atoms with Crippen molar-refractivity contribution in [1.82, 2.24) is 15.3 Å². The van der Waals surface area contributed by atoms with E-state index in [1.807, 2.05) is 19.1 Å². The summed E-state index contributed by atoms with van der Waals surface area (Å²) in [5.41, 5.74) is 2.29. The fourth-order valence-corrected chi connectivity index (χ4v) is 2.90. The van der Waals surface area contributed by atoms with Gasteiger partial charge in [0.1, 0.15) is 0 Å². The number of aromatic nitrogens is 2. The maximum absolute atomic E-state index is 12.5. The molecular weight excluding hydrogens is 306 g/mol. The minimum atomic E-state index is -0.290. The van der Waals surface area contributed by atoms with Crippen LogP contribution in [0.2, 0.25) is 0 Å². The molecule has 0 radical (unpaired) electrons. The average molecular weight is 327 g/mol. The Morgan fingerprint density at radius 2 is 2.04 bits per heavy atom. The molecule has 2 aromatic heterocycles. The molecule has 1 aliphatic rings. The van der Waals surface area contributed by atoms with Crippen LogP contribution in [0.4, 0.5) is 0 Å². The Hall–Kier alpha value is -2.47. The lowest BCUT2D eigenvalue weighted by Crippen LogP contribution is -2.41. The highest BCUT2D eigenvalue weighted by atomic mass is 16.5. The van der Waals surface area contributed by atoms with Gasteiger partial charge in [0.05, 0.1) is 24.8 Å². The number of nitrogens with zero attached hydrogens (tertiary/aromatic N) is 2. The maximum Gasteiger partial charge on any atom is 0.253 e. The van der Waals surface area contributed by atoms with Gasteiger partial charge in [-0.3, -0.25) is 9.78 Å². The van der Waals surface area contributed by atoms with E-state index in [2.05, 4.69) is 15.3 Å². The van der Waals surface area contributed by atoms with Gasteiger partial charge < -0.3 is 15.2 Å². The van der Waals surface area contributed by atoms with Gasteiger partial charge in [0.15, 0.2) is 0 Å². The van der Waals surface area contributed by atoms with Gasteiger partial charge in [-0.2, -0.15) is 0 Å². The van der Waals surface area contributed by atoms with Gasteiger partial charge in [-0.25, -0.2) is 4.98 Å². The lowest BCUT2D eigenvalue weighted by atomic mass is 9.75. The molecule has 2 heterocycles. The molecule has 24 heavy (non-hydrogen) atoms. The molecule has 0 bridgehead atoms. The van der Waals surface area contributed by atoms with Crippen molar-refractivity contribution in [2.45, 2.75) is 31.9 Å². The lowest BCUT2D eigenvalue weighted by molar-refractivity contribution is 0.0234. The van der Waals surface area contributed by atoms with E-state index < -0.39 is 0 Å². The van der Waals surface area contributed by atoms with E-state index in [1.165, 1.54) is 0 Å². The van der Waals surface area contributed by atoms with Crippen molar-refractivity contribution in [2.75, 3.05) is 7.11 Å². The number of hydrogen-bond acceptors (Lipinski definition) is 5. The zero-order valence-electron chi connectivity index (χ0n) is 13.8. The maximum atomic E-state index is 12.5. The predicted octanol–water partition coefficient (Wildman–Crippen LogP) is 2.04. The second kappa shape index (κ2) is 6.97. The normalized spacial score (nSPS) is 20.8.